The van der Waals surface area contributed by atoms with Crippen LogP contribution in [0.4, 0.5) is 0 Å². The van der Waals surface area contributed by atoms with Crippen molar-refractivity contribution < 1.29 is 10.0 Å². The highest BCUT2D eigenvalue weighted by atomic mass is 16.4. The zero-order valence-corrected chi connectivity index (χ0v) is 8.86. The van der Waals surface area contributed by atoms with Crippen molar-refractivity contribution in [3.8, 4) is 0 Å². The smallest absolute Gasteiger partial charge is 0.423 e. The Morgan fingerprint density at radius 3 is 2.40 bits per heavy atom. The first-order valence-electron chi connectivity index (χ1n) is 4.95. The largest absolute Gasteiger partial charge is 0.488 e. The molecule has 0 bridgehead atoms. The van der Waals surface area contributed by atoms with Gasteiger partial charge in [0.05, 0.1) is 0 Å². The summed E-state index contributed by atoms with van der Waals surface area (Å²) in [5.41, 5.74) is 2.84. The van der Waals surface area contributed by atoms with Gasteiger partial charge in [0, 0.05) is 0 Å². The molecule has 0 spiro atoms. The Morgan fingerprint density at radius 2 is 1.73 bits per heavy atom. The highest BCUT2D eigenvalue weighted by Gasteiger charge is 2.12. The molecule has 0 aliphatic heterocycles. The van der Waals surface area contributed by atoms with Gasteiger partial charge in [-0.3, -0.25) is 0 Å². The highest BCUT2D eigenvalue weighted by Crippen LogP contribution is 2.20. The molecule has 15 heavy (non-hydrogen) atoms. The molecule has 0 atom stereocenters. The van der Waals surface area contributed by atoms with Gasteiger partial charge in [-0.05, 0) is 41.2 Å². The summed E-state index contributed by atoms with van der Waals surface area (Å²) in [5.74, 6) is 0. The molecule has 0 unspecified atom stereocenters. The maximum atomic E-state index is 9.13. The van der Waals surface area contributed by atoms with Crippen LogP contribution in [-0.4, -0.2) is 17.2 Å². The monoisotopic (exact) mass is 200 g/mol. The lowest BCUT2D eigenvalue weighted by atomic mass is 9.78. The molecule has 0 saturated carbocycles. The zero-order valence-electron chi connectivity index (χ0n) is 8.86. The fourth-order valence-corrected chi connectivity index (χ4v) is 2.04. The van der Waals surface area contributed by atoms with Crippen LogP contribution in [0.2, 0.25) is 0 Å². The molecule has 0 amide bonds. The van der Waals surface area contributed by atoms with Gasteiger partial charge in [-0.2, -0.15) is 0 Å². The van der Waals surface area contributed by atoms with Gasteiger partial charge in [-0.1, -0.05) is 30.3 Å². The molecule has 0 aromatic heterocycles. The van der Waals surface area contributed by atoms with Crippen molar-refractivity contribution in [1.29, 1.82) is 0 Å². The Kier molecular flexibility index (Phi) is 2.51. The predicted octanol–water partition coefficient (Wildman–Crippen LogP) is 1.14. The van der Waals surface area contributed by atoms with E-state index in [4.69, 9.17) is 10.0 Å². The molecule has 0 saturated heterocycles. The molecular weight excluding hydrogens is 187 g/mol. The van der Waals surface area contributed by atoms with Gasteiger partial charge in [0.15, 0.2) is 0 Å². The van der Waals surface area contributed by atoms with Crippen LogP contribution in [0.25, 0.3) is 10.8 Å². The molecule has 3 heteroatoms. The predicted molar refractivity (Wildman–Crippen MR) is 63.2 cm³/mol. The topological polar surface area (TPSA) is 40.5 Å². The minimum Gasteiger partial charge on any atom is -0.423 e. The SMILES string of the molecule is Cc1cccc2cc(B(O)O)cc(C)c12. The fraction of sp³-hybridized carbons (Fsp3) is 0.167. The van der Waals surface area contributed by atoms with E-state index in [-0.39, 0.29) is 0 Å². The summed E-state index contributed by atoms with van der Waals surface area (Å²) in [6.45, 7) is 4.05. The molecule has 0 radical (unpaired) electrons. The molecule has 0 fully saturated rings. The molecule has 76 valence electrons. The molecule has 2 aromatic rings. The van der Waals surface area contributed by atoms with Gasteiger partial charge in [0.1, 0.15) is 0 Å². The van der Waals surface area contributed by atoms with Crippen molar-refractivity contribution in [2.75, 3.05) is 0 Å². The van der Waals surface area contributed by atoms with Crippen LogP contribution in [-0.2, 0) is 0 Å². The lowest BCUT2D eigenvalue weighted by Crippen LogP contribution is -2.29. The third-order valence-corrected chi connectivity index (χ3v) is 2.70. The first-order chi connectivity index (χ1) is 7.09. The molecule has 0 aliphatic rings. The standard InChI is InChI=1S/C12H13BO2/c1-8-4-3-5-10-7-11(13(14)15)6-9(2)12(8)10/h3-7,14-15H,1-2H3. The minimum absolute atomic E-state index is 0.547. The lowest BCUT2D eigenvalue weighted by Gasteiger charge is -2.08. The average Bonchev–Trinajstić information content (AvgIpc) is 2.17. The summed E-state index contributed by atoms with van der Waals surface area (Å²) in [6.07, 6.45) is 0. The van der Waals surface area contributed by atoms with Crippen molar-refractivity contribution in [1.82, 2.24) is 0 Å². The second-order valence-corrected chi connectivity index (χ2v) is 3.88. The zero-order chi connectivity index (χ0) is 11.0. The second-order valence-electron chi connectivity index (χ2n) is 3.88. The normalized spacial score (nSPS) is 10.7. The van der Waals surface area contributed by atoms with Crippen LogP contribution in [0, 0.1) is 13.8 Å². The first-order valence-corrected chi connectivity index (χ1v) is 4.95. The van der Waals surface area contributed by atoms with Gasteiger partial charge < -0.3 is 10.0 Å². The third-order valence-electron chi connectivity index (χ3n) is 2.70. The summed E-state index contributed by atoms with van der Waals surface area (Å²) < 4.78 is 0. The van der Waals surface area contributed by atoms with Gasteiger partial charge in [0.2, 0.25) is 0 Å². The number of benzene rings is 2. The minimum atomic E-state index is -1.39. The lowest BCUT2D eigenvalue weighted by molar-refractivity contribution is 0.426. The quantitative estimate of drug-likeness (QED) is 0.677. The van der Waals surface area contributed by atoms with Crippen LogP contribution < -0.4 is 5.46 Å². The van der Waals surface area contributed by atoms with Gasteiger partial charge >= 0.3 is 7.12 Å². The highest BCUT2D eigenvalue weighted by molar-refractivity contribution is 6.59. The summed E-state index contributed by atoms with van der Waals surface area (Å²) in [7, 11) is -1.39. The van der Waals surface area contributed by atoms with Crippen molar-refractivity contribution >= 4 is 23.4 Å². The van der Waals surface area contributed by atoms with E-state index >= 15 is 0 Å². The van der Waals surface area contributed by atoms with E-state index in [0.717, 1.165) is 10.9 Å². The van der Waals surface area contributed by atoms with E-state index in [1.54, 1.807) is 0 Å². The maximum Gasteiger partial charge on any atom is 0.488 e. The average molecular weight is 200 g/mol. The molecule has 2 nitrogen and oxygen atoms in total. The van der Waals surface area contributed by atoms with E-state index in [0.29, 0.717) is 5.46 Å². The summed E-state index contributed by atoms with van der Waals surface area (Å²) in [4.78, 5) is 0. The molecule has 2 rings (SSSR count). The van der Waals surface area contributed by atoms with Crippen molar-refractivity contribution in [3.63, 3.8) is 0 Å². The second kappa shape index (κ2) is 3.68. The number of fused-ring (bicyclic) bond motifs is 1. The Hall–Kier alpha value is -1.32. The number of hydrogen-bond acceptors (Lipinski definition) is 2. The van der Waals surface area contributed by atoms with Crippen LogP contribution in [0.3, 0.4) is 0 Å². The fourth-order valence-electron chi connectivity index (χ4n) is 2.04. The third kappa shape index (κ3) is 1.76. The van der Waals surface area contributed by atoms with Crippen LogP contribution in [0.15, 0.2) is 30.3 Å². The number of rotatable bonds is 1. The summed E-state index contributed by atoms with van der Waals surface area (Å²) in [6, 6.07) is 9.66. The van der Waals surface area contributed by atoms with E-state index in [2.05, 4.69) is 13.0 Å². The van der Waals surface area contributed by atoms with Crippen LogP contribution >= 0.6 is 0 Å². The van der Waals surface area contributed by atoms with E-state index < -0.39 is 7.12 Å². The molecule has 0 heterocycles. The Balaban J connectivity index is 2.78. The van der Waals surface area contributed by atoms with E-state index in [9.17, 15) is 0 Å². The Morgan fingerprint density at radius 1 is 1.00 bits per heavy atom. The molecule has 2 N–H and O–H groups in total. The first kappa shape index (κ1) is 10.2. The molecule has 0 aliphatic carbocycles. The summed E-state index contributed by atoms with van der Waals surface area (Å²) >= 11 is 0. The van der Waals surface area contributed by atoms with Crippen molar-refractivity contribution in [3.05, 3.63) is 41.5 Å². The van der Waals surface area contributed by atoms with E-state index in [1.165, 1.54) is 10.9 Å². The maximum absolute atomic E-state index is 9.13. The van der Waals surface area contributed by atoms with Crippen molar-refractivity contribution in [2.45, 2.75) is 13.8 Å². The summed E-state index contributed by atoms with van der Waals surface area (Å²) in [5, 5.41) is 20.5. The Labute approximate surface area is 89.3 Å². The Bertz CT molecular complexity index is 506. The van der Waals surface area contributed by atoms with Crippen LogP contribution in [0.1, 0.15) is 11.1 Å². The van der Waals surface area contributed by atoms with E-state index in [1.807, 2.05) is 31.2 Å². The number of hydrogen-bond donors (Lipinski definition) is 2. The van der Waals surface area contributed by atoms with Crippen molar-refractivity contribution in [2.24, 2.45) is 0 Å². The number of aryl methyl sites for hydroxylation is 2. The van der Waals surface area contributed by atoms with Crippen LogP contribution in [0.5, 0.6) is 0 Å². The molecular formula is C12H13BO2. The van der Waals surface area contributed by atoms with Gasteiger partial charge in [-0.25, -0.2) is 0 Å². The molecule has 2 aromatic carbocycles. The van der Waals surface area contributed by atoms with Gasteiger partial charge in [-0.15, -0.1) is 0 Å². The van der Waals surface area contributed by atoms with Gasteiger partial charge in [0.25, 0.3) is 0 Å².